The number of carbonyl (C=O) groups excluding carboxylic acids is 1. The number of benzene rings is 1. The summed E-state index contributed by atoms with van der Waals surface area (Å²) < 4.78 is 18.4. The van der Waals surface area contributed by atoms with E-state index in [9.17, 15) is 9.18 Å². The fourth-order valence-electron chi connectivity index (χ4n) is 1.47. The maximum absolute atomic E-state index is 13.4. The van der Waals surface area contributed by atoms with E-state index in [1.807, 2.05) is 6.07 Å². The largest absolute Gasteiger partial charge is 0.444 e. The maximum atomic E-state index is 13.4. The van der Waals surface area contributed by atoms with Crippen LogP contribution in [-0.2, 0) is 15.1 Å². The van der Waals surface area contributed by atoms with Gasteiger partial charge in [-0.1, -0.05) is 30.3 Å². The first-order valence-electron chi connectivity index (χ1n) is 4.29. The molecule has 1 aromatic rings. The number of hydrogen-bond acceptors (Lipinski definition) is 2. The Hall–Kier alpha value is -1.64. The average molecular weight is 192 g/mol. The molecule has 0 bridgehead atoms. The van der Waals surface area contributed by atoms with Crippen molar-refractivity contribution in [2.75, 3.05) is 0 Å². The minimum Gasteiger partial charge on any atom is -0.444 e. The van der Waals surface area contributed by atoms with Gasteiger partial charge in [0, 0.05) is 5.56 Å². The molecule has 0 aromatic heterocycles. The Morgan fingerprint density at radius 3 is 2.43 bits per heavy atom. The van der Waals surface area contributed by atoms with Gasteiger partial charge in [0.25, 0.3) is 0 Å². The van der Waals surface area contributed by atoms with Crippen LogP contribution < -0.4 is 0 Å². The molecule has 0 radical (unpaired) electrons. The molecule has 0 fully saturated rings. The SMILES string of the molecule is CC1(c2ccccc2)OC(=O)C=C1F. The Labute approximate surface area is 81.0 Å². The van der Waals surface area contributed by atoms with Gasteiger partial charge in [-0.05, 0) is 6.92 Å². The van der Waals surface area contributed by atoms with E-state index in [1.54, 1.807) is 31.2 Å². The fourth-order valence-corrected chi connectivity index (χ4v) is 1.47. The predicted octanol–water partition coefficient (Wildman–Crippen LogP) is 2.31. The zero-order valence-corrected chi connectivity index (χ0v) is 7.66. The molecule has 0 aliphatic carbocycles. The first-order chi connectivity index (χ1) is 6.63. The highest BCUT2D eigenvalue weighted by Crippen LogP contribution is 2.38. The standard InChI is InChI=1S/C11H9FO2/c1-11(8-5-3-2-4-6-8)9(12)7-10(13)14-11/h2-7H,1H3. The zero-order chi connectivity index (χ0) is 10.2. The molecule has 0 N–H and O–H groups in total. The lowest BCUT2D eigenvalue weighted by molar-refractivity contribution is -0.146. The van der Waals surface area contributed by atoms with Gasteiger partial charge >= 0.3 is 5.97 Å². The van der Waals surface area contributed by atoms with E-state index in [0.29, 0.717) is 5.56 Å². The van der Waals surface area contributed by atoms with E-state index in [0.717, 1.165) is 6.08 Å². The number of hydrogen-bond donors (Lipinski definition) is 0. The summed E-state index contributed by atoms with van der Waals surface area (Å²) in [6.07, 6.45) is 0.882. The summed E-state index contributed by atoms with van der Waals surface area (Å²) in [5, 5.41) is 0. The lowest BCUT2D eigenvalue weighted by Crippen LogP contribution is -2.23. The van der Waals surface area contributed by atoms with Gasteiger partial charge in [0.15, 0.2) is 11.4 Å². The number of rotatable bonds is 1. The predicted molar refractivity (Wildman–Crippen MR) is 49.1 cm³/mol. The van der Waals surface area contributed by atoms with Gasteiger partial charge in [0.2, 0.25) is 0 Å². The van der Waals surface area contributed by atoms with Crippen LogP contribution in [0.1, 0.15) is 12.5 Å². The molecule has 1 heterocycles. The minimum atomic E-state index is -1.24. The van der Waals surface area contributed by atoms with Gasteiger partial charge < -0.3 is 4.74 Å². The molecule has 1 aliphatic rings. The number of esters is 1. The second-order valence-corrected chi connectivity index (χ2v) is 3.31. The fraction of sp³-hybridized carbons (Fsp3) is 0.182. The molecule has 1 atom stereocenters. The normalized spacial score (nSPS) is 25.9. The van der Waals surface area contributed by atoms with Crippen LogP contribution in [0.5, 0.6) is 0 Å². The maximum Gasteiger partial charge on any atom is 0.334 e. The Kier molecular flexibility index (Phi) is 1.88. The first-order valence-corrected chi connectivity index (χ1v) is 4.29. The highest BCUT2D eigenvalue weighted by atomic mass is 19.1. The topological polar surface area (TPSA) is 26.3 Å². The molecule has 1 aromatic carbocycles. The average Bonchev–Trinajstić information content (AvgIpc) is 2.43. The van der Waals surface area contributed by atoms with Crippen molar-refractivity contribution in [3.63, 3.8) is 0 Å². The molecule has 0 saturated heterocycles. The van der Waals surface area contributed by atoms with E-state index < -0.39 is 17.4 Å². The molecule has 1 unspecified atom stereocenters. The van der Waals surface area contributed by atoms with Crippen molar-refractivity contribution >= 4 is 5.97 Å². The van der Waals surface area contributed by atoms with E-state index in [4.69, 9.17) is 4.74 Å². The summed E-state index contributed by atoms with van der Waals surface area (Å²) in [6.45, 7) is 1.54. The van der Waals surface area contributed by atoms with Crippen molar-refractivity contribution in [3.05, 3.63) is 47.8 Å². The summed E-state index contributed by atoms with van der Waals surface area (Å²) in [5.41, 5.74) is -0.599. The molecule has 1 aliphatic heterocycles. The molecular formula is C11H9FO2. The number of halogens is 1. The van der Waals surface area contributed by atoms with Crippen LogP contribution in [0.25, 0.3) is 0 Å². The third-order valence-electron chi connectivity index (χ3n) is 2.33. The van der Waals surface area contributed by atoms with Gasteiger partial charge in [-0.3, -0.25) is 0 Å². The van der Waals surface area contributed by atoms with Crippen LogP contribution >= 0.6 is 0 Å². The van der Waals surface area contributed by atoms with Crippen LogP contribution in [0, 0.1) is 0 Å². The zero-order valence-electron chi connectivity index (χ0n) is 7.66. The molecular weight excluding hydrogens is 183 g/mol. The number of carbonyl (C=O) groups is 1. The highest BCUT2D eigenvalue weighted by molar-refractivity contribution is 5.86. The smallest absolute Gasteiger partial charge is 0.334 e. The Morgan fingerprint density at radius 1 is 1.29 bits per heavy atom. The monoisotopic (exact) mass is 192 g/mol. The summed E-state index contributed by atoms with van der Waals surface area (Å²) in [5.74, 6) is -1.18. The van der Waals surface area contributed by atoms with Crippen LogP contribution in [-0.4, -0.2) is 5.97 Å². The van der Waals surface area contributed by atoms with Crippen molar-refractivity contribution in [3.8, 4) is 0 Å². The van der Waals surface area contributed by atoms with Crippen molar-refractivity contribution in [1.82, 2.24) is 0 Å². The molecule has 2 rings (SSSR count). The molecule has 3 heteroatoms. The number of ether oxygens (including phenoxy) is 1. The van der Waals surface area contributed by atoms with E-state index in [1.165, 1.54) is 0 Å². The molecule has 0 saturated carbocycles. The Morgan fingerprint density at radius 2 is 1.93 bits per heavy atom. The third kappa shape index (κ3) is 1.21. The summed E-state index contributed by atoms with van der Waals surface area (Å²) in [4.78, 5) is 10.9. The lowest BCUT2D eigenvalue weighted by atomic mass is 9.95. The second kappa shape index (κ2) is 2.94. The minimum absolute atomic E-state index is 0.547. The lowest BCUT2D eigenvalue weighted by Gasteiger charge is -2.22. The summed E-state index contributed by atoms with van der Waals surface area (Å²) in [7, 11) is 0. The van der Waals surface area contributed by atoms with Gasteiger partial charge in [-0.2, -0.15) is 0 Å². The van der Waals surface area contributed by atoms with Crippen molar-refractivity contribution in [2.45, 2.75) is 12.5 Å². The molecule has 2 nitrogen and oxygen atoms in total. The van der Waals surface area contributed by atoms with E-state index in [2.05, 4.69) is 0 Å². The first kappa shape index (κ1) is 8.94. The molecule has 72 valence electrons. The summed E-state index contributed by atoms with van der Waals surface area (Å²) >= 11 is 0. The third-order valence-corrected chi connectivity index (χ3v) is 2.33. The van der Waals surface area contributed by atoms with Gasteiger partial charge in [-0.15, -0.1) is 0 Å². The van der Waals surface area contributed by atoms with Crippen molar-refractivity contribution in [2.24, 2.45) is 0 Å². The van der Waals surface area contributed by atoms with Gasteiger partial charge in [0.05, 0.1) is 6.08 Å². The van der Waals surface area contributed by atoms with Crippen LogP contribution in [0.2, 0.25) is 0 Å². The van der Waals surface area contributed by atoms with Gasteiger partial charge in [0.1, 0.15) is 0 Å². The van der Waals surface area contributed by atoms with Crippen LogP contribution in [0.4, 0.5) is 4.39 Å². The molecule has 0 spiro atoms. The molecule has 0 amide bonds. The van der Waals surface area contributed by atoms with Crippen LogP contribution in [0.15, 0.2) is 42.2 Å². The Balaban J connectivity index is 2.45. The summed E-state index contributed by atoms with van der Waals surface area (Å²) in [6, 6.07) is 8.84. The van der Waals surface area contributed by atoms with Gasteiger partial charge in [-0.25, -0.2) is 9.18 Å². The van der Waals surface area contributed by atoms with E-state index >= 15 is 0 Å². The van der Waals surface area contributed by atoms with Crippen molar-refractivity contribution in [1.29, 1.82) is 0 Å². The van der Waals surface area contributed by atoms with Crippen LogP contribution in [0.3, 0.4) is 0 Å². The Bertz CT molecular complexity index is 397. The number of cyclic esters (lactones) is 1. The van der Waals surface area contributed by atoms with E-state index in [-0.39, 0.29) is 0 Å². The second-order valence-electron chi connectivity index (χ2n) is 3.31. The van der Waals surface area contributed by atoms with Crippen molar-refractivity contribution < 1.29 is 13.9 Å². The molecule has 14 heavy (non-hydrogen) atoms. The highest BCUT2D eigenvalue weighted by Gasteiger charge is 2.41. The quantitative estimate of drug-likeness (QED) is 0.638.